The first kappa shape index (κ1) is 11.6. The molecule has 0 saturated heterocycles. The van der Waals surface area contributed by atoms with Gasteiger partial charge in [-0.2, -0.15) is 4.68 Å². The zero-order valence-electron chi connectivity index (χ0n) is 10.6. The van der Waals surface area contributed by atoms with Gasteiger partial charge in [0.05, 0.1) is 21.7 Å². The van der Waals surface area contributed by atoms with Gasteiger partial charge in [-0.1, -0.05) is 48.3 Å². The number of hydrogen-bond acceptors (Lipinski definition) is 4. The molecule has 2 heterocycles. The highest BCUT2D eigenvalue weighted by atomic mass is 32.1. The molecule has 0 aliphatic rings. The molecule has 0 atom stereocenters. The van der Waals surface area contributed by atoms with Crippen LogP contribution in [0.1, 0.15) is 0 Å². The molecule has 0 fully saturated rings. The molecule has 3 rings (SSSR count). The fourth-order valence-electron chi connectivity index (χ4n) is 1.66. The van der Waals surface area contributed by atoms with Gasteiger partial charge >= 0.3 is 0 Å². The smallest absolute Gasteiger partial charge is 0.212 e. The van der Waals surface area contributed by atoms with Crippen molar-refractivity contribution in [3.63, 3.8) is 0 Å². The molecule has 0 radical (unpaired) electrons. The van der Waals surface area contributed by atoms with E-state index in [1.54, 1.807) is 16.0 Å². The van der Waals surface area contributed by atoms with Crippen LogP contribution in [0.4, 0.5) is 0 Å². The van der Waals surface area contributed by atoms with Gasteiger partial charge in [0.15, 0.2) is 0 Å². The Morgan fingerprint density at radius 3 is 2.61 bits per heavy atom. The van der Waals surface area contributed by atoms with E-state index in [4.69, 9.17) is 0 Å². The molecule has 0 aliphatic heterocycles. The lowest BCUT2D eigenvalue weighted by Gasteiger charge is -2.09. The first-order chi connectivity index (χ1) is 8.54. The second-order valence-corrected chi connectivity index (χ2v) is 11.3. The van der Waals surface area contributed by atoms with Crippen LogP contribution in [0.3, 0.4) is 0 Å². The maximum Gasteiger partial charge on any atom is 0.212 e. The van der Waals surface area contributed by atoms with Gasteiger partial charge in [-0.05, 0) is 12.1 Å². The molecule has 2 aromatic heterocycles. The van der Waals surface area contributed by atoms with E-state index in [9.17, 15) is 0 Å². The molecule has 92 valence electrons. The van der Waals surface area contributed by atoms with Crippen molar-refractivity contribution in [3.8, 4) is 5.13 Å². The molecule has 6 heteroatoms. The van der Waals surface area contributed by atoms with Gasteiger partial charge in [0.1, 0.15) is 8.07 Å². The normalized spacial score (nSPS) is 12.2. The van der Waals surface area contributed by atoms with Gasteiger partial charge in [-0.15, -0.1) is 5.10 Å². The van der Waals surface area contributed by atoms with Gasteiger partial charge in [0, 0.05) is 0 Å². The summed E-state index contributed by atoms with van der Waals surface area (Å²) >= 11 is 1.64. The fourth-order valence-corrected chi connectivity index (χ4v) is 3.40. The van der Waals surface area contributed by atoms with E-state index < -0.39 is 8.07 Å². The summed E-state index contributed by atoms with van der Waals surface area (Å²) < 4.78 is 2.97. The third-order valence-corrected chi connectivity index (χ3v) is 5.53. The minimum absolute atomic E-state index is 0.883. The second-order valence-electron chi connectivity index (χ2n) is 5.26. The molecule has 0 unspecified atom stereocenters. The zero-order valence-corrected chi connectivity index (χ0v) is 12.4. The molecule has 18 heavy (non-hydrogen) atoms. The average molecular weight is 274 g/mol. The van der Waals surface area contributed by atoms with Crippen LogP contribution in [0.5, 0.6) is 0 Å². The molecular formula is C12H14N4SSi. The van der Waals surface area contributed by atoms with E-state index >= 15 is 0 Å². The molecule has 0 saturated carbocycles. The lowest BCUT2D eigenvalue weighted by Crippen LogP contribution is -2.38. The standard InChI is InChI=1S/C12H14N4SSi/c1-18(2,3)11-8-16(15-14-11)12-13-9-6-4-5-7-10(9)17-12/h4-8H,1-3H3. The zero-order chi connectivity index (χ0) is 12.8. The lowest BCUT2D eigenvalue weighted by molar-refractivity contribution is 0.800. The Morgan fingerprint density at radius 2 is 1.94 bits per heavy atom. The number of thiazole rings is 1. The Hall–Kier alpha value is -1.53. The largest absolute Gasteiger partial charge is 0.218 e. The van der Waals surface area contributed by atoms with Crippen molar-refractivity contribution in [1.29, 1.82) is 0 Å². The van der Waals surface area contributed by atoms with Crippen molar-refractivity contribution in [2.24, 2.45) is 0 Å². The fraction of sp³-hybridized carbons (Fsp3) is 0.250. The molecule has 0 amide bonds. The Bertz CT molecular complexity index is 662. The van der Waals surface area contributed by atoms with Crippen molar-refractivity contribution in [1.82, 2.24) is 20.0 Å². The molecule has 4 nitrogen and oxygen atoms in total. The van der Waals surface area contributed by atoms with Crippen LogP contribution in [0, 0.1) is 0 Å². The summed E-state index contributed by atoms with van der Waals surface area (Å²) in [4.78, 5) is 4.57. The molecule has 0 aliphatic carbocycles. The van der Waals surface area contributed by atoms with Gasteiger partial charge in [-0.3, -0.25) is 0 Å². The number of fused-ring (bicyclic) bond motifs is 1. The van der Waals surface area contributed by atoms with E-state index in [1.807, 2.05) is 24.4 Å². The van der Waals surface area contributed by atoms with Crippen LogP contribution in [0.15, 0.2) is 30.5 Å². The highest BCUT2D eigenvalue weighted by Gasteiger charge is 2.21. The Labute approximate surface area is 110 Å². The summed E-state index contributed by atoms with van der Waals surface area (Å²) in [5, 5.41) is 10.5. The lowest BCUT2D eigenvalue weighted by atomic mass is 10.3. The van der Waals surface area contributed by atoms with Gasteiger partial charge in [0.25, 0.3) is 0 Å². The highest BCUT2D eigenvalue weighted by molar-refractivity contribution is 7.20. The van der Waals surface area contributed by atoms with E-state index in [0.29, 0.717) is 0 Å². The maximum atomic E-state index is 4.57. The summed E-state index contributed by atoms with van der Waals surface area (Å²) in [6.45, 7) is 6.79. The number of benzene rings is 1. The number of rotatable bonds is 2. The average Bonchev–Trinajstić information content (AvgIpc) is 2.94. The van der Waals surface area contributed by atoms with Crippen LogP contribution < -0.4 is 5.32 Å². The molecule has 0 spiro atoms. The van der Waals surface area contributed by atoms with Crippen molar-refractivity contribution >= 4 is 34.9 Å². The number of para-hydroxylation sites is 1. The third kappa shape index (κ3) is 1.97. The summed E-state index contributed by atoms with van der Waals surface area (Å²) in [5.41, 5.74) is 1.02. The van der Waals surface area contributed by atoms with E-state index in [0.717, 1.165) is 16.0 Å². The van der Waals surface area contributed by atoms with Crippen LogP contribution in [0.2, 0.25) is 19.6 Å². The summed E-state index contributed by atoms with van der Waals surface area (Å²) in [6, 6.07) is 8.12. The number of hydrogen-bond donors (Lipinski definition) is 0. The first-order valence-corrected chi connectivity index (χ1v) is 10.1. The summed E-state index contributed by atoms with van der Waals surface area (Å²) in [5.74, 6) is 0. The Kier molecular flexibility index (Phi) is 2.56. The number of nitrogens with zero attached hydrogens (tertiary/aromatic N) is 4. The molecule has 3 aromatic rings. The predicted molar refractivity (Wildman–Crippen MR) is 77.5 cm³/mol. The summed E-state index contributed by atoms with van der Waals surface area (Å²) in [7, 11) is -1.40. The molecule has 1 aromatic carbocycles. The Balaban J connectivity index is 2.06. The van der Waals surface area contributed by atoms with Crippen LogP contribution >= 0.6 is 11.3 Å². The van der Waals surface area contributed by atoms with Crippen molar-refractivity contribution < 1.29 is 0 Å². The SMILES string of the molecule is C[Si](C)(C)c1cn(-c2nc3ccccc3s2)nn1. The van der Waals surface area contributed by atoms with Crippen molar-refractivity contribution in [3.05, 3.63) is 30.5 Å². The monoisotopic (exact) mass is 274 g/mol. The quantitative estimate of drug-likeness (QED) is 0.674. The second kappa shape index (κ2) is 3.99. The first-order valence-electron chi connectivity index (χ1n) is 5.83. The van der Waals surface area contributed by atoms with Gasteiger partial charge < -0.3 is 0 Å². The third-order valence-electron chi connectivity index (χ3n) is 2.74. The molecular weight excluding hydrogens is 260 g/mol. The molecule has 0 bridgehead atoms. The van der Waals surface area contributed by atoms with Gasteiger partial charge in [-0.25, -0.2) is 4.98 Å². The molecule has 0 N–H and O–H groups in total. The highest BCUT2D eigenvalue weighted by Crippen LogP contribution is 2.23. The summed E-state index contributed by atoms with van der Waals surface area (Å²) in [6.07, 6.45) is 2.02. The minimum Gasteiger partial charge on any atom is -0.218 e. The van der Waals surface area contributed by atoms with Crippen LogP contribution in [-0.4, -0.2) is 28.1 Å². The van der Waals surface area contributed by atoms with Crippen LogP contribution in [-0.2, 0) is 0 Å². The van der Waals surface area contributed by atoms with Gasteiger partial charge in [0.2, 0.25) is 5.13 Å². The van der Waals surface area contributed by atoms with Crippen LogP contribution in [0.25, 0.3) is 15.3 Å². The Morgan fingerprint density at radius 1 is 1.17 bits per heavy atom. The van der Waals surface area contributed by atoms with Crippen molar-refractivity contribution in [2.75, 3.05) is 0 Å². The minimum atomic E-state index is -1.40. The topological polar surface area (TPSA) is 43.6 Å². The van der Waals surface area contributed by atoms with E-state index in [2.05, 4.69) is 41.0 Å². The maximum absolute atomic E-state index is 4.57. The van der Waals surface area contributed by atoms with E-state index in [-0.39, 0.29) is 0 Å². The van der Waals surface area contributed by atoms with Crippen molar-refractivity contribution in [2.45, 2.75) is 19.6 Å². The van der Waals surface area contributed by atoms with E-state index in [1.165, 1.54) is 4.70 Å². The predicted octanol–water partition coefficient (Wildman–Crippen LogP) is 2.42. The number of aromatic nitrogens is 4.